The zero-order valence-electron chi connectivity index (χ0n) is 9.65. The molecule has 0 aromatic heterocycles. The first-order valence-corrected chi connectivity index (χ1v) is 5.63. The number of guanidine groups is 1. The van der Waals surface area contributed by atoms with Crippen LogP contribution in [0.25, 0.3) is 0 Å². The van der Waals surface area contributed by atoms with Crippen molar-refractivity contribution >= 4 is 5.96 Å². The number of nitrogens with zero attached hydrogens (tertiary/aromatic N) is 2. The molecular weight excluding hydrogens is 190 g/mol. The molecule has 0 aromatic rings. The van der Waals surface area contributed by atoms with Crippen LogP contribution in [0.2, 0.25) is 0 Å². The van der Waals surface area contributed by atoms with E-state index in [1.807, 2.05) is 11.0 Å². The van der Waals surface area contributed by atoms with Crippen LogP contribution >= 0.6 is 0 Å². The van der Waals surface area contributed by atoms with E-state index in [9.17, 15) is 0 Å². The first kappa shape index (κ1) is 11.9. The standard InChI is InChI=1S/C11H21N3O/c1-3-14(4-2)11(12)13-9-10-7-5-6-8-15-10/h6,8,10H,3-5,7,9H2,1-2H3,(H2,12,13)/t10-/m1/s1. The molecule has 1 aliphatic heterocycles. The largest absolute Gasteiger partial charge is 0.496 e. The van der Waals surface area contributed by atoms with Crippen molar-refractivity contribution in [1.29, 1.82) is 0 Å². The molecule has 4 heteroatoms. The molecule has 1 aliphatic rings. The summed E-state index contributed by atoms with van der Waals surface area (Å²) in [5.74, 6) is 0.623. The summed E-state index contributed by atoms with van der Waals surface area (Å²) in [4.78, 5) is 6.39. The first-order chi connectivity index (χ1) is 7.27. The number of hydrogen-bond acceptors (Lipinski definition) is 2. The van der Waals surface area contributed by atoms with Gasteiger partial charge in [-0.2, -0.15) is 0 Å². The lowest BCUT2D eigenvalue weighted by atomic mass is 10.2. The van der Waals surface area contributed by atoms with Crippen LogP contribution in [0.3, 0.4) is 0 Å². The molecule has 1 atom stereocenters. The van der Waals surface area contributed by atoms with Gasteiger partial charge in [-0.25, -0.2) is 4.99 Å². The molecule has 86 valence electrons. The van der Waals surface area contributed by atoms with Gasteiger partial charge in [0.25, 0.3) is 0 Å². The van der Waals surface area contributed by atoms with Crippen LogP contribution < -0.4 is 5.73 Å². The van der Waals surface area contributed by atoms with Gasteiger partial charge < -0.3 is 15.4 Å². The molecule has 0 saturated heterocycles. The van der Waals surface area contributed by atoms with Gasteiger partial charge in [0.2, 0.25) is 0 Å². The Morgan fingerprint density at radius 2 is 2.27 bits per heavy atom. The minimum atomic E-state index is 0.198. The van der Waals surface area contributed by atoms with E-state index in [0.717, 1.165) is 25.9 Å². The van der Waals surface area contributed by atoms with Crippen molar-refractivity contribution in [3.8, 4) is 0 Å². The molecule has 0 amide bonds. The molecule has 0 radical (unpaired) electrons. The minimum absolute atomic E-state index is 0.198. The fourth-order valence-corrected chi connectivity index (χ4v) is 1.56. The van der Waals surface area contributed by atoms with E-state index in [1.165, 1.54) is 0 Å². The van der Waals surface area contributed by atoms with Crippen molar-refractivity contribution in [2.75, 3.05) is 19.6 Å². The summed E-state index contributed by atoms with van der Waals surface area (Å²) in [7, 11) is 0. The smallest absolute Gasteiger partial charge is 0.191 e. The summed E-state index contributed by atoms with van der Waals surface area (Å²) in [6.45, 7) is 6.61. The van der Waals surface area contributed by atoms with Crippen molar-refractivity contribution in [2.24, 2.45) is 10.7 Å². The van der Waals surface area contributed by atoms with E-state index < -0.39 is 0 Å². The van der Waals surface area contributed by atoms with E-state index >= 15 is 0 Å². The predicted octanol–water partition coefficient (Wildman–Crippen LogP) is 1.34. The molecule has 0 saturated carbocycles. The van der Waals surface area contributed by atoms with Gasteiger partial charge in [-0.1, -0.05) is 0 Å². The van der Waals surface area contributed by atoms with Crippen LogP contribution in [0.5, 0.6) is 0 Å². The topological polar surface area (TPSA) is 50.8 Å². The van der Waals surface area contributed by atoms with Gasteiger partial charge in [0.1, 0.15) is 6.10 Å². The van der Waals surface area contributed by atoms with Crippen molar-refractivity contribution in [3.05, 3.63) is 12.3 Å². The number of allylic oxidation sites excluding steroid dienone is 1. The molecule has 1 heterocycles. The maximum atomic E-state index is 5.86. The Bertz CT molecular complexity index is 234. The van der Waals surface area contributed by atoms with Gasteiger partial charge in [0.15, 0.2) is 5.96 Å². The molecule has 0 aliphatic carbocycles. The fraction of sp³-hybridized carbons (Fsp3) is 0.727. The molecule has 0 unspecified atom stereocenters. The molecule has 0 spiro atoms. The second kappa shape index (κ2) is 6.32. The Labute approximate surface area is 91.8 Å². The molecule has 0 fully saturated rings. The highest BCUT2D eigenvalue weighted by Crippen LogP contribution is 2.10. The average molecular weight is 211 g/mol. The van der Waals surface area contributed by atoms with Gasteiger partial charge >= 0.3 is 0 Å². The van der Waals surface area contributed by atoms with Crippen LogP contribution in [0.4, 0.5) is 0 Å². The van der Waals surface area contributed by atoms with Gasteiger partial charge in [0.05, 0.1) is 12.8 Å². The van der Waals surface area contributed by atoms with Crippen molar-refractivity contribution in [3.63, 3.8) is 0 Å². The Hall–Kier alpha value is -1.19. The summed E-state index contributed by atoms with van der Waals surface area (Å²) in [5, 5.41) is 0. The van der Waals surface area contributed by atoms with Crippen LogP contribution in [0, 0.1) is 0 Å². The summed E-state index contributed by atoms with van der Waals surface area (Å²) < 4.78 is 5.41. The summed E-state index contributed by atoms with van der Waals surface area (Å²) in [6, 6.07) is 0. The molecule has 15 heavy (non-hydrogen) atoms. The van der Waals surface area contributed by atoms with E-state index in [4.69, 9.17) is 10.5 Å². The number of hydrogen-bond donors (Lipinski definition) is 1. The monoisotopic (exact) mass is 211 g/mol. The third-order valence-electron chi connectivity index (χ3n) is 2.57. The van der Waals surface area contributed by atoms with Crippen LogP contribution in [0.15, 0.2) is 17.3 Å². The average Bonchev–Trinajstić information content (AvgIpc) is 2.29. The second-order valence-electron chi connectivity index (χ2n) is 3.58. The SMILES string of the molecule is CCN(CC)C(N)=NC[C@H]1CCC=CO1. The Morgan fingerprint density at radius 3 is 2.80 bits per heavy atom. The van der Waals surface area contributed by atoms with Gasteiger partial charge in [0, 0.05) is 13.1 Å². The fourth-order valence-electron chi connectivity index (χ4n) is 1.56. The molecule has 0 aromatic carbocycles. The highest BCUT2D eigenvalue weighted by atomic mass is 16.5. The molecule has 4 nitrogen and oxygen atoms in total. The second-order valence-corrected chi connectivity index (χ2v) is 3.58. The quantitative estimate of drug-likeness (QED) is 0.564. The molecule has 1 rings (SSSR count). The highest BCUT2D eigenvalue weighted by Gasteiger charge is 2.10. The lowest BCUT2D eigenvalue weighted by Crippen LogP contribution is -2.37. The lowest BCUT2D eigenvalue weighted by molar-refractivity contribution is 0.131. The maximum Gasteiger partial charge on any atom is 0.191 e. The van der Waals surface area contributed by atoms with Crippen molar-refractivity contribution in [2.45, 2.75) is 32.8 Å². The van der Waals surface area contributed by atoms with Crippen LogP contribution in [-0.4, -0.2) is 36.6 Å². The van der Waals surface area contributed by atoms with E-state index in [0.29, 0.717) is 12.5 Å². The minimum Gasteiger partial charge on any atom is -0.496 e. The van der Waals surface area contributed by atoms with Gasteiger partial charge in [-0.15, -0.1) is 0 Å². The first-order valence-electron chi connectivity index (χ1n) is 5.63. The van der Waals surface area contributed by atoms with Crippen molar-refractivity contribution in [1.82, 2.24) is 4.90 Å². The Morgan fingerprint density at radius 1 is 1.53 bits per heavy atom. The third-order valence-corrected chi connectivity index (χ3v) is 2.57. The van der Waals surface area contributed by atoms with Gasteiger partial charge in [-0.3, -0.25) is 0 Å². The zero-order chi connectivity index (χ0) is 11.1. The van der Waals surface area contributed by atoms with Gasteiger partial charge in [-0.05, 0) is 32.8 Å². The Balaban J connectivity index is 2.38. The maximum absolute atomic E-state index is 5.86. The molecule has 0 bridgehead atoms. The summed E-state index contributed by atoms with van der Waals surface area (Å²) >= 11 is 0. The number of rotatable bonds is 4. The number of nitrogens with two attached hydrogens (primary N) is 1. The summed E-state index contributed by atoms with van der Waals surface area (Å²) in [5.41, 5.74) is 5.86. The number of ether oxygens (including phenoxy) is 1. The normalized spacial score (nSPS) is 21.2. The van der Waals surface area contributed by atoms with E-state index in [2.05, 4.69) is 18.8 Å². The molecule has 2 N–H and O–H groups in total. The molecular formula is C11H21N3O. The third kappa shape index (κ3) is 3.81. The van der Waals surface area contributed by atoms with Crippen molar-refractivity contribution < 1.29 is 4.74 Å². The number of aliphatic imine (C=N–C) groups is 1. The van der Waals surface area contributed by atoms with Crippen LogP contribution in [-0.2, 0) is 4.74 Å². The van der Waals surface area contributed by atoms with E-state index in [1.54, 1.807) is 6.26 Å². The zero-order valence-corrected chi connectivity index (χ0v) is 9.65. The highest BCUT2D eigenvalue weighted by molar-refractivity contribution is 5.78. The Kier molecular flexibility index (Phi) is 5.01. The van der Waals surface area contributed by atoms with E-state index in [-0.39, 0.29) is 6.10 Å². The summed E-state index contributed by atoms with van der Waals surface area (Å²) in [6.07, 6.45) is 6.10. The predicted molar refractivity (Wildman–Crippen MR) is 62.7 cm³/mol. The van der Waals surface area contributed by atoms with Crippen LogP contribution in [0.1, 0.15) is 26.7 Å². The lowest BCUT2D eigenvalue weighted by Gasteiger charge is -2.21.